The van der Waals surface area contributed by atoms with Gasteiger partial charge < -0.3 is 9.47 Å². The minimum absolute atomic E-state index is 0.307. The summed E-state index contributed by atoms with van der Waals surface area (Å²) in [6, 6.07) is 7.29. The van der Waals surface area contributed by atoms with Crippen molar-refractivity contribution in [2.45, 2.75) is 26.2 Å². The molecule has 0 atom stereocenters. The molecule has 1 aromatic carbocycles. The molecule has 0 radical (unpaired) electrons. The zero-order valence-electron chi connectivity index (χ0n) is 11.2. The maximum absolute atomic E-state index is 11.3. The summed E-state index contributed by atoms with van der Waals surface area (Å²) in [5.41, 5.74) is 0.518. The summed E-state index contributed by atoms with van der Waals surface area (Å²) < 4.78 is 10.4. The lowest BCUT2D eigenvalue weighted by atomic mass is 10.1. The Labute approximate surface area is 119 Å². The van der Waals surface area contributed by atoms with Gasteiger partial charge in [-0.2, -0.15) is 0 Å². The van der Waals surface area contributed by atoms with Crippen molar-refractivity contribution in [2.75, 3.05) is 13.2 Å². The van der Waals surface area contributed by atoms with E-state index >= 15 is 0 Å². The molecule has 0 aliphatic carbocycles. The van der Waals surface area contributed by atoms with Gasteiger partial charge in [0.05, 0.1) is 13.2 Å². The second kappa shape index (κ2) is 8.59. The van der Waals surface area contributed by atoms with Crippen LogP contribution in [0.4, 0.5) is 0 Å². The van der Waals surface area contributed by atoms with Crippen LogP contribution in [0.1, 0.15) is 26.2 Å². The van der Waals surface area contributed by atoms with Gasteiger partial charge in [-0.15, -0.1) is 0 Å². The first kappa shape index (κ1) is 15.6. The highest BCUT2D eigenvalue weighted by Crippen LogP contribution is 2.17. The third-order valence-corrected chi connectivity index (χ3v) is 2.74. The van der Waals surface area contributed by atoms with E-state index in [4.69, 9.17) is 21.1 Å². The van der Waals surface area contributed by atoms with Gasteiger partial charge in [-0.1, -0.05) is 24.2 Å². The monoisotopic (exact) mass is 282 g/mol. The van der Waals surface area contributed by atoms with Crippen molar-refractivity contribution in [2.24, 2.45) is 0 Å². The summed E-state index contributed by atoms with van der Waals surface area (Å²) in [4.78, 5) is 11.3. The fraction of sp³-hybridized carbons (Fsp3) is 0.400. The van der Waals surface area contributed by atoms with E-state index in [2.05, 4.69) is 6.58 Å². The first-order chi connectivity index (χ1) is 9.13. The van der Waals surface area contributed by atoms with Crippen LogP contribution < -0.4 is 4.74 Å². The van der Waals surface area contributed by atoms with Crippen molar-refractivity contribution in [1.29, 1.82) is 0 Å². The standard InChI is InChI=1S/C15H19ClO3/c1-3-18-15(17)12(2)7-4-5-10-19-14-9-6-8-13(16)11-14/h6,8-9,11H,2-5,7,10H2,1H3. The molecule has 3 nitrogen and oxygen atoms in total. The van der Waals surface area contributed by atoms with Gasteiger partial charge in [-0.25, -0.2) is 4.79 Å². The van der Waals surface area contributed by atoms with Crippen molar-refractivity contribution in [1.82, 2.24) is 0 Å². The largest absolute Gasteiger partial charge is 0.494 e. The van der Waals surface area contributed by atoms with Crippen LogP contribution in [0.2, 0.25) is 5.02 Å². The van der Waals surface area contributed by atoms with Gasteiger partial charge in [0.1, 0.15) is 5.75 Å². The Morgan fingerprint density at radius 1 is 1.37 bits per heavy atom. The normalized spacial score (nSPS) is 10.0. The molecule has 0 saturated heterocycles. The maximum atomic E-state index is 11.3. The fourth-order valence-corrected chi connectivity index (χ4v) is 1.70. The van der Waals surface area contributed by atoms with Gasteiger partial charge >= 0.3 is 5.97 Å². The zero-order chi connectivity index (χ0) is 14.1. The second-order valence-corrected chi connectivity index (χ2v) is 4.52. The highest BCUT2D eigenvalue weighted by Gasteiger charge is 2.06. The number of carbonyl (C=O) groups excluding carboxylic acids is 1. The number of halogens is 1. The lowest BCUT2D eigenvalue weighted by Crippen LogP contribution is -2.07. The predicted octanol–water partition coefficient (Wildman–Crippen LogP) is 4.01. The summed E-state index contributed by atoms with van der Waals surface area (Å²) in [6.45, 7) is 6.47. The summed E-state index contributed by atoms with van der Waals surface area (Å²) in [6.07, 6.45) is 2.33. The van der Waals surface area contributed by atoms with E-state index in [0.29, 0.717) is 30.2 Å². The van der Waals surface area contributed by atoms with E-state index in [1.807, 2.05) is 12.1 Å². The minimum Gasteiger partial charge on any atom is -0.494 e. The van der Waals surface area contributed by atoms with Gasteiger partial charge in [-0.3, -0.25) is 0 Å². The number of ether oxygens (including phenoxy) is 2. The molecule has 1 rings (SSSR count). The molecular formula is C15H19ClO3. The average molecular weight is 283 g/mol. The first-order valence-electron chi connectivity index (χ1n) is 6.36. The van der Waals surface area contributed by atoms with Crippen LogP contribution in [0.15, 0.2) is 36.4 Å². The van der Waals surface area contributed by atoms with E-state index in [0.717, 1.165) is 18.6 Å². The fourth-order valence-electron chi connectivity index (χ4n) is 1.52. The van der Waals surface area contributed by atoms with Crippen LogP contribution in [0.5, 0.6) is 5.75 Å². The molecule has 0 unspecified atom stereocenters. The Bertz CT molecular complexity index is 429. The average Bonchev–Trinajstić information content (AvgIpc) is 2.38. The smallest absolute Gasteiger partial charge is 0.333 e. The highest BCUT2D eigenvalue weighted by atomic mass is 35.5. The Kier molecular flexibility index (Phi) is 7.04. The topological polar surface area (TPSA) is 35.5 Å². The Hall–Kier alpha value is -1.48. The van der Waals surface area contributed by atoms with Gasteiger partial charge in [0.15, 0.2) is 0 Å². The first-order valence-corrected chi connectivity index (χ1v) is 6.74. The molecule has 1 aromatic rings. The van der Waals surface area contributed by atoms with E-state index in [-0.39, 0.29) is 5.97 Å². The van der Waals surface area contributed by atoms with Crippen LogP contribution in [0.25, 0.3) is 0 Å². The number of benzene rings is 1. The second-order valence-electron chi connectivity index (χ2n) is 4.09. The Morgan fingerprint density at radius 2 is 2.16 bits per heavy atom. The number of rotatable bonds is 8. The van der Waals surface area contributed by atoms with Crippen LogP contribution in [0.3, 0.4) is 0 Å². The van der Waals surface area contributed by atoms with Crippen molar-refractivity contribution < 1.29 is 14.3 Å². The summed E-state index contributed by atoms with van der Waals surface area (Å²) >= 11 is 5.85. The number of hydrogen-bond donors (Lipinski definition) is 0. The van der Waals surface area contributed by atoms with E-state index in [9.17, 15) is 4.79 Å². The molecule has 0 spiro atoms. The predicted molar refractivity (Wildman–Crippen MR) is 76.6 cm³/mol. The third kappa shape index (κ3) is 6.30. The van der Waals surface area contributed by atoms with Crippen LogP contribution >= 0.6 is 11.6 Å². The molecule has 0 bridgehead atoms. The third-order valence-electron chi connectivity index (χ3n) is 2.50. The molecule has 0 aromatic heterocycles. The summed E-state index contributed by atoms with van der Waals surface area (Å²) in [7, 11) is 0. The van der Waals surface area contributed by atoms with E-state index < -0.39 is 0 Å². The van der Waals surface area contributed by atoms with Crippen molar-refractivity contribution in [3.05, 3.63) is 41.4 Å². The summed E-state index contributed by atoms with van der Waals surface area (Å²) in [5.74, 6) is 0.454. The van der Waals surface area contributed by atoms with E-state index in [1.165, 1.54) is 0 Å². The molecule has 0 saturated carbocycles. The zero-order valence-corrected chi connectivity index (χ0v) is 11.9. The number of carbonyl (C=O) groups is 1. The molecule has 4 heteroatoms. The lowest BCUT2D eigenvalue weighted by molar-refractivity contribution is -0.138. The molecule has 104 valence electrons. The van der Waals surface area contributed by atoms with Gasteiger partial charge in [0.25, 0.3) is 0 Å². The van der Waals surface area contributed by atoms with Crippen molar-refractivity contribution in [3.63, 3.8) is 0 Å². The summed E-state index contributed by atoms with van der Waals surface area (Å²) in [5, 5.41) is 0.660. The molecule has 19 heavy (non-hydrogen) atoms. The molecule has 0 N–H and O–H groups in total. The van der Waals surface area contributed by atoms with Crippen molar-refractivity contribution >= 4 is 17.6 Å². The molecule has 0 aliphatic rings. The quantitative estimate of drug-likeness (QED) is 0.411. The van der Waals surface area contributed by atoms with Crippen molar-refractivity contribution in [3.8, 4) is 5.75 Å². The highest BCUT2D eigenvalue weighted by molar-refractivity contribution is 6.30. The van der Waals surface area contributed by atoms with Gasteiger partial charge in [-0.05, 0) is 44.4 Å². The lowest BCUT2D eigenvalue weighted by Gasteiger charge is -2.07. The van der Waals surface area contributed by atoms with Crippen LogP contribution in [-0.4, -0.2) is 19.2 Å². The maximum Gasteiger partial charge on any atom is 0.333 e. The van der Waals surface area contributed by atoms with Crippen LogP contribution in [0, 0.1) is 0 Å². The van der Waals surface area contributed by atoms with Gasteiger partial charge in [0.2, 0.25) is 0 Å². The molecule has 0 fully saturated rings. The number of unbranched alkanes of at least 4 members (excludes halogenated alkanes) is 1. The van der Waals surface area contributed by atoms with E-state index in [1.54, 1.807) is 19.1 Å². The SMILES string of the molecule is C=C(CCCCOc1cccc(Cl)c1)C(=O)OCC. The number of esters is 1. The molecule has 0 aliphatic heterocycles. The number of hydrogen-bond acceptors (Lipinski definition) is 3. The molecule has 0 heterocycles. The van der Waals surface area contributed by atoms with Gasteiger partial charge in [0, 0.05) is 10.6 Å². The minimum atomic E-state index is -0.307. The Morgan fingerprint density at radius 3 is 2.84 bits per heavy atom. The molecule has 0 amide bonds. The molecular weight excluding hydrogens is 264 g/mol. The van der Waals surface area contributed by atoms with Crippen LogP contribution in [-0.2, 0) is 9.53 Å². The Balaban J connectivity index is 2.14.